The molecule has 1 rings (SSSR count). The Labute approximate surface area is 151 Å². The molecule has 0 bridgehead atoms. The molecular formula is C19H40O4Si. The van der Waals surface area contributed by atoms with E-state index < -0.39 is 8.80 Å². The van der Waals surface area contributed by atoms with Crippen molar-refractivity contribution in [3.63, 3.8) is 0 Å². The summed E-state index contributed by atoms with van der Waals surface area (Å²) in [6, 6.07) is 0.844. The summed E-state index contributed by atoms with van der Waals surface area (Å²) in [4.78, 5) is 0. The molecule has 0 aromatic heterocycles. The molecule has 4 nitrogen and oxygen atoms in total. The van der Waals surface area contributed by atoms with E-state index in [4.69, 9.17) is 18.0 Å². The Morgan fingerprint density at radius 1 is 0.958 bits per heavy atom. The number of rotatable bonds is 12. The topological polar surface area (TPSA) is 36.9 Å². The van der Waals surface area contributed by atoms with Crippen molar-refractivity contribution in [2.75, 3.05) is 26.4 Å². The number of hydrogen-bond donors (Lipinski definition) is 0. The van der Waals surface area contributed by atoms with Gasteiger partial charge in [0.25, 0.3) is 0 Å². The first-order valence-electron chi connectivity index (χ1n) is 10.0. The molecule has 144 valence electrons. The van der Waals surface area contributed by atoms with E-state index in [-0.39, 0.29) is 0 Å². The maximum atomic E-state index is 6.31. The van der Waals surface area contributed by atoms with Gasteiger partial charge in [-0.25, -0.2) is 0 Å². The van der Waals surface area contributed by atoms with Gasteiger partial charge in [0, 0.05) is 32.5 Å². The Morgan fingerprint density at radius 2 is 1.54 bits per heavy atom. The minimum Gasteiger partial charge on any atom is -0.378 e. The first-order valence-corrected chi connectivity index (χ1v) is 11.9. The molecule has 1 aliphatic carbocycles. The van der Waals surface area contributed by atoms with Crippen molar-refractivity contribution in [1.29, 1.82) is 0 Å². The van der Waals surface area contributed by atoms with Gasteiger partial charge in [-0.1, -0.05) is 27.2 Å². The second kappa shape index (κ2) is 11.6. The lowest BCUT2D eigenvalue weighted by Crippen LogP contribution is -2.46. The van der Waals surface area contributed by atoms with Crippen LogP contribution >= 0.6 is 0 Å². The standard InChI is InChI=1S/C19H40O4Si/c1-7-21-24(22-8-2,23-9-3)14-10-13-20-19-15-17(6)11-12-18(19)16(4)5/h16-19H,7-15H2,1-6H3. The molecule has 1 aliphatic rings. The van der Waals surface area contributed by atoms with Gasteiger partial charge in [0.2, 0.25) is 0 Å². The van der Waals surface area contributed by atoms with Crippen molar-refractivity contribution < 1.29 is 18.0 Å². The molecule has 0 spiro atoms. The Balaban J connectivity index is 2.48. The zero-order valence-electron chi connectivity index (χ0n) is 16.8. The van der Waals surface area contributed by atoms with E-state index in [1.54, 1.807) is 0 Å². The molecule has 0 aliphatic heterocycles. The van der Waals surface area contributed by atoms with Crippen LogP contribution in [-0.4, -0.2) is 41.3 Å². The van der Waals surface area contributed by atoms with E-state index in [0.717, 1.165) is 25.0 Å². The van der Waals surface area contributed by atoms with Crippen LogP contribution in [0.15, 0.2) is 0 Å². The second-order valence-corrected chi connectivity index (χ2v) is 10.1. The summed E-state index contributed by atoms with van der Waals surface area (Å²) in [6.45, 7) is 15.7. The van der Waals surface area contributed by atoms with Crippen molar-refractivity contribution in [1.82, 2.24) is 0 Å². The molecule has 3 unspecified atom stereocenters. The van der Waals surface area contributed by atoms with Crippen LogP contribution in [0.3, 0.4) is 0 Å². The van der Waals surface area contributed by atoms with E-state index in [2.05, 4.69) is 20.8 Å². The minimum absolute atomic E-state index is 0.413. The fourth-order valence-electron chi connectivity index (χ4n) is 3.83. The molecule has 24 heavy (non-hydrogen) atoms. The van der Waals surface area contributed by atoms with Crippen molar-refractivity contribution in [3.8, 4) is 0 Å². The van der Waals surface area contributed by atoms with Crippen LogP contribution in [0.2, 0.25) is 6.04 Å². The highest BCUT2D eigenvalue weighted by atomic mass is 28.4. The van der Waals surface area contributed by atoms with Crippen molar-refractivity contribution >= 4 is 8.80 Å². The van der Waals surface area contributed by atoms with Gasteiger partial charge in [-0.15, -0.1) is 0 Å². The Hall–Kier alpha value is 0.0569. The molecule has 5 heteroatoms. The molecule has 3 atom stereocenters. The van der Waals surface area contributed by atoms with Gasteiger partial charge in [-0.2, -0.15) is 0 Å². The SMILES string of the molecule is CCO[Si](CCCOC1CC(C)CCC1C(C)C)(OCC)OCC. The molecule has 0 N–H and O–H groups in total. The predicted octanol–water partition coefficient (Wildman–Crippen LogP) is 4.90. The third-order valence-corrected chi connectivity index (χ3v) is 8.16. The fraction of sp³-hybridized carbons (Fsp3) is 1.00. The highest BCUT2D eigenvalue weighted by molar-refractivity contribution is 6.60. The number of ether oxygens (including phenoxy) is 1. The van der Waals surface area contributed by atoms with E-state index in [1.807, 2.05) is 20.8 Å². The normalized spacial score (nSPS) is 25.4. The third kappa shape index (κ3) is 7.12. The van der Waals surface area contributed by atoms with E-state index >= 15 is 0 Å². The Morgan fingerprint density at radius 3 is 2.04 bits per heavy atom. The largest absolute Gasteiger partial charge is 0.501 e. The van der Waals surface area contributed by atoms with Crippen LogP contribution in [0.5, 0.6) is 0 Å². The lowest BCUT2D eigenvalue weighted by Gasteiger charge is -2.37. The van der Waals surface area contributed by atoms with Crippen LogP contribution in [0.1, 0.15) is 67.2 Å². The maximum absolute atomic E-state index is 6.31. The van der Waals surface area contributed by atoms with Crippen LogP contribution in [0, 0.1) is 17.8 Å². The van der Waals surface area contributed by atoms with Gasteiger partial charge in [-0.05, 0) is 57.8 Å². The molecule has 0 aromatic carbocycles. The summed E-state index contributed by atoms with van der Waals surface area (Å²) in [7, 11) is -2.51. The summed E-state index contributed by atoms with van der Waals surface area (Å²) >= 11 is 0. The van der Waals surface area contributed by atoms with Crippen LogP contribution < -0.4 is 0 Å². The van der Waals surface area contributed by atoms with E-state index in [1.165, 1.54) is 19.3 Å². The lowest BCUT2D eigenvalue weighted by atomic mass is 9.75. The van der Waals surface area contributed by atoms with Gasteiger partial charge < -0.3 is 18.0 Å². The van der Waals surface area contributed by atoms with Gasteiger partial charge in [0.1, 0.15) is 0 Å². The molecule has 1 fully saturated rings. The van der Waals surface area contributed by atoms with Gasteiger partial charge >= 0.3 is 8.80 Å². The summed E-state index contributed by atoms with van der Waals surface area (Å²) in [5.74, 6) is 2.19. The summed E-state index contributed by atoms with van der Waals surface area (Å²) < 4.78 is 24.1. The third-order valence-electron chi connectivity index (χ3n) is 5.01. The first kappa shape index (κ1) is 22.1. The Kier molecular flexibility index (Phi) is 10.7. The molecule has 0 amide bonds. The maximum Gasteiger partial charge on any atom is 0.501 e. The average molecular weight is 361 g/mol. The summed E-state index contributed by atoms with van der Waals surface area (Å²) in [5.41, 5.74) is 0. The fourth-order valence-corrected chi connectivity index (χ4v) is 6.41. The lowest BCUT2D eigenvalue weighted by molar-refractivity contribution is -0.0393. The van der Waals surface area contributed by atoms with Crippen molar-refractivity contribution in [2.24, 2.45) is 17.8 Å². The van der Waals surface area contributed by atoms with Crippen LogP contribution in [0.4, 0.5) is 0 Å². The van der Waals surface area contributed by atoms with Gasteiger partial charge in [0.05, 0.1) is 6.10 Å². The predicted molar refractivity (Wildman–Crippen MR) is 101 cm³/mol. The van der Waals surface area contributed by atoms with Crippen LogP contribution in [0.25, 0.3) is 0 Å². The van der Waals surface area contributed by atoms with E-state index in [0.29, 0.717) is 37.8 Å². The monoisotopic (exact) mass is 360 g/mol. The molecular weight excluding hydrogens is 320 g/mol. The van der Waals surface area contributed by atoms with Gasteiger partial charge in [-0.3, -0.25) is 0 Å². The molecule has 0 radical (unpaired) electrons. The van der Waals surface area contributed by atoms with Gasteiger partial charge in [0.15, 0.2) is 0 Å². The summed E-state index contributed by atoms with van der Waals surface area (Å²) in [5, 5.41) is 0. The van der Waals surface area contributed by atoms with Crippen LogP contribution in [-0.2, 0) is 18.0 Å². The first-order chi connectivity index (χ1) is 11.5. The van der Waals surface area contributed by atoms with E-state index in [9.17, 15) is 0 Å². The Bertz CT molecular complexity index is 307. The second-order valence-electron chi connectivity index (χ2n) is 7.32. The molecule has 1 saturated carbocycles. The molecule has 0 saturated heterocycles. The molecule has 0 aromatic rings. The zero-order chi connectivity index (χ0) is 18.0. The van der Waals surface area contributed by atoms with Crippen molar-refractivity contribution in [2.45, 2.75) is 79.4 Å². The average Bonchev–Trinajstić information content (AvgIpc) is 2.52. The highest BCUT2D eigenvalue weighted by Crippen LogP contribution is 2.35. The zero-order valence-corrected chi connectivity index (χ0v) is 17.8. The summed E-state index contributed by atoms with van der Waals surface area (Å²) in [6.07, 6.45) is 5.21. The quantitative estimate of drug-likeness (QED) is 0.366. The minimum atomic E-state index is -2.51. The molecule has 0 heterocycles. The number of hydrogen-bond acceptors (Lipinski definition) is 4. The smallest absolute Gasteiger partial charge is 0.378 e. The van der Waals surface area contributed by atoms with Crippen molar-refractivity contribution in [3.05, 3.63) is 0 Å². The highest BCUT2D eigenvalue weighted by Gasteiger charge is 2.40.